The van der Waals surface area contributed by atoms with E-state index >= 15 is 0 Å². The molecule has 5 aromatic heterocycles. The fourth-order valence-corrected chi connectivity index (χ4v) is 13.8. The molecule has 0 amide bonds. The van der Waals surface area contributed by atoms with Crippen molar-refractivity contribution >= 4 is 84.9 Å². The smallest absolute Gasteiger partial charge is 0.0651 e. The van der Waals surface area contributed by atoms with Gasteiger partial charge in [0.15, 0.2) is 0 Å². The quantitative estimate of drug-likeness (QED) is 0.0532. The molecule has 0 unspecified atom stereocenters. The Kier molecular flexibility index (Phi) is 15.8. The SMILES string of the molecule is CCCCCCCCCCCCCc1csc2c1sc1c3sc(-c4cccs4)c(CCCCCCCCCCCCC)c3sc21. The first-order valence-corrected chi connectivity index (χ1v) is 22.9. The summed E-state index contributed by atoms with van der Waals surface area (Å²) in [6.07, 6.45) is 33.7. The molecule has 0 aliphatic heterocycles. The minimum absolute atomic E-state index is 1.25. The Labute approximate surface area is 294 Å². The second-order valence-electron chi connectivity index (χ2n) is 13.4. The molecule has 0 radical (unpaired) electrons. The van der Waals surface area contributed by atoms with E-state index in [0.29, 0.717) is 0 Å². The Bertz CT molecular complexity index is 1490. The molecule has 248 valence electrons. The highest BCUT2D eigenvalue weighted by Crippen LogP contribution is 2.54. The number of fused-ring (bicyclic) bond motifs is 5. The van der Waals surface area contributed by atoms with Gasteiger partial charge in [-0.2, -0.15) is 0 Å². The lowest BCUT2D eigenvalue weighted by Gasteiger charge is -2.04. The van der Waals surface area contributed by atoms with Gasteiger partial charge in [-0.1, -0.05) is 148 Å². The van der Waals surface area contributed by atoms with Gasteiger partial charge < -0.3 is 0 Å². The Morgan fingerprint density at radius 3 is 1.49 bits per heavy atom. The monoisotopic (exact) mass is 698 g/mol. The van der Waals surface area contributed by atoms with E-state index in [1.54, 1.807) is 44.2 Å². The highest BCUT2D eigenvalue weighted by Gasteiger charge is 2.23. The van der Waals surface area contributed by atoms with Crippen LogP contribution in [0, 0.1) is 0 Å². The normalized spacial score (nSPS) is 12.1. The van der Waals surface area contributed by atoms with Crippen LogP contribution in [-0.2, 0) is 12.8 Å². The fourth-order valence-electron chi connectivity index (χ4n) is 6.91. The van der Waals surface area contributed by atoms with Gasteiger partial charge in [-0.25, -0.2) is 0 Å². The van der Waals surface area contributed by atoms with Gasteiger partial charge in [-0.05, 0) is 53.6 Å². The van der Waals surface area contributed by atoms with Gasteiger partial charge in [0.25, 0.3) is 0 Å². The van der Waals surface area contributed by atoms with Gasteiger partial charge in [-0.3, -0.25) is 0 Å². The standard InChI is InChI=1S/C40H58S5/c1-3-5-7-9-11-13-15-17-19-21-23-26-31-30-42-37-34(31)43-40-38-36(45-39(37)40)32(35(44-38)33-28-25-29-41-33)27-24-22-20-18-16-14-12-10-8-6-4-2/h25,28-30H,3-24,26-27H2,1-2H3. The first kappa shape index (κ1) is 35.6. The Balaban J connectivity index is 1.13. The van der Waals surface area contributed by atoms with Crippen LogP contribution < -0.4 is 0 Å². The van der Waals surface area contributed by atoms with E-state index in [1.165, 1.54) is 159 Å². The molecule has 0 N–H and O–H groups in total. The largest absolute Gasteiger partial charge is 0.143 e. The van der Waals surface area contributed by atoms with Crippen LogP contribution >= 0.6 is 56.7 Å². The molecule has 0 saturated heterocycles. The number of rotatable bonds is 25. The van der Waals surface area contributed by atoms with Crippen molar-refractivity contribution in [3.8, 4) is 9.75 Å². The van der Waals surface area contributed by atoms with E-state index in [4.69, 9.17) is 0 Å². The summed E-state index contributed by atoms with van der Waals surface area (Å²) in [6, 6.07) is 4.58. The maximum Gasteiger partial charge on any atom is 0.0651 e. The van der Waals surface area contributed by atoms with Gasteiger partial charge in [0.1, 0.15) is 0 Å². The van der Waals surface area contributed by atoms with E-state index in [0.717, 1.165) is 0 Å². The van der Waals surface area contributed by atoms with Gasteiger partial charge in [-0.15, -0.1) is 56.7 Å². The molecule has 0 fully saturated rings. The molecule has 0 aromatic carbocycles. The number of aryl methyl sites for hydroxylation is 2. The molecule has 5 aromatic rings. The zero-order valence-corrected chi connectivity index (χ0v) is 32.4. The molecule has 5 rings (SSSR count). The topological polar surface area (TPSA) is 0 Å². The van der Waals surface area contributed by atoms with E-state index < -0.39 is 0 Å². The van der Waals surface area contributed by atoms with E-state index in [2.05, 4.69) is 70.8 Å². The van der Waals surface area contributed by atoms with Crippen molar-refractivity contribution in [1.29, 1.82) is 0 Å². The molecule has 0 aliphatic rings. The van der Waals surface area contributed by atoms with Crippen LogP contribution in [0.15, 0.2) is 22.9 Å². The number of thiophene rings is 5. The average Bonchev–Trinajstić information content (AvgIpc) is 3.87. The maximum atomic E-state index is 2.49. The summed E-state index contributed by atoms with van der Waals surface area (Å²) in [5, 5.41) is 4.75. The molecule has 5 heteroatoms. The van der Waals surface area contributed by atoms with Gasteiger partial charge in [0, 0.05) is 9.75 Å². The number of hydrogen-bond donors (Lipinski definition) is 0. The lowest BCUT2D eigenvalue weighted by Crippen LogP contribution is -1.87. The molecule has 5 heterocycles. The van der Waals surface area contributed by atoms with Crippen molar-refractivity contribution in [2.75, 3.05) is 0 Å². The zero-order chi connectivity index (χ0) is 31.1. The second-order valence-corrected chi connectivity index (χ2v) is 18.3. The van der Waals surface area contributed by atoms with Crippen molar-refractivity contribution < 1.29 is 0 Å². The third-order valence-corrected chi connectivity index (χ3v) is 16.2. The molecule has 0 nitrogen and oxygen atoms in total. The van der Waals surface area contributed by atoms with Crippen LogP contribution in [-0.4, -0.2) is 0 Å². The predicted octanol–water partition coefficient (Wildman–Crippen LogP) is 16.8. The van der Waals surface area contributed by atoms with Crippen LogP contribution in [0.4, 0.5) is 0 Å². The average molecular weight is 699 g/mol. The summed E-state index contributed by atoms with van der Waals surface area (Å²) in [7, 11) is 0. The summed E-state index contributed by atoms with van der Waals surface area (Å²) in [5.41, 5.74) is 3.29. The van der Waals surface area contributed by atoms with Crippen LogP contribution in [0.1, 0.15) is 166 Å². The van der Waals surface area contributed by atoms with Crippen molar-refractivity contribution in [3.63, 3.8) is 0 Å². The molecular formula is C40H58S5. The zero-order valence-electron chi connectivity index (χ0n) is 28.3. The molecule has 0 spiro atoms. The summed E-state index contributed by atoms with van der Waals surface area (Å²) < 4.78 is 9.56. The van der Waals surface area contributed by atoms with E-state index in [-0.39, 0.29) is 0 Å². The van der Waals surface area contributed by atoms with Crippen LogP contribution in [0.25, 0.3) is 38.0 Å². The van der Waals surface area contributed by atoms with Gasteiger partial charge in [0.2, 0.25) is 0 Å². The molecule has 0 atom stereocenters. The second kappa shape index (κ2) is 19.9. The lowest BCUT2D eigenvalue weighted by atomic mass is 10.0. The van der Waals surface area contributed by atoms with Crippen LogP contribution in [0.2, 0.25) is 0 Å². The Morgan fingerprint density at radius 2 is 0.933 bits per heavy atom. The number of unbranched alkanes of at least 4 members (excludes halogenated alkanes) is 20. The maximum absolute atomic E-state index is 2.49. The highest BCUT2D eigenvalue weighted by molar-refractivity contribution is 7.45. The van der Waals surface area contributed by atoms with Gasteiger partial charge in [0.05, 0.1) is 28.2 Å². The lowest BCUT2D eigenvalue weighted by molar-refractivity contribution is 0.550. The number of hydrogen-bond acceptors (Lipinski definition) is 5. The summed E-state index contributed by atoms with van der Waals surface area (Å²) in [6.45, 7) is 4.62. The van der Waals surface area contributed by atoms with Crippen LogP contribution in [0.5, 0.6) is 0 Å². The first-order chi connectivity index (χ1) is 22.3. The minimum Gasteiger partial charge on any atom is -0.143 e. The summed E-state index contributed by atoms with van der Waals surface area (Å²) in [4.78, 5) is 3.04. The van der Waals surface area contributed by atoms with E-state index in [9.17, 15) is 0 Å². The Morgan fingerprint density at radius 1 is 0.444 bits per heavy atom. The van der Waals surface area contributed by atoms with Gasteiger partial charge >= 0.3 is 0 Å². The summed E-state index contributed by atoms with van der Waals surface area (Å²) >= 11 is 10.3. The molecule has 0 aliphatic carbocycles. The minimum atomic E-state index is 1.25. The first-order valence-electron chi connectivity index (χ1n) is 18.7. The fraction of sp³-hybridized carbons (Fsp3) is 0.650. The molecule has 0 saturated carbocycles. The van der Waals surface area contributed by atoms with Crippen molar-refractivity contribution in [2.45, 2.75) is 168 Å². The van der Waals surface area contributed by atoms with Crippen molar-refractivity contribution in [1.82, 2.24) is 0 Å². The Hall–Kier alpha value is -0.720. The third kappa shape index (κ3) is 10.1. The third-order valence-electron chi connectivity index (χ3n) is 9.63. The molecule has 0 bridgehead atoms. The predicted molar refractivity (Wildman–Crippen MR) is 214 cm³/mol. The highest BCUT2D eigenvalue weighted by atomic mass is 32.1. The molecular weight excluding hydrogens is 641 g/mol. The molecule has 45 heavy (non-hydrogen) atoms. The summed E-state index contributed by atoms with van der Waals surface area (Å²) in [5.74, 6) is 0. The van der Waals surface area contributed by atoms with E-state index in [1.807, 2.05) is 22.7 Å². The van der Waals surface area contributed by atoms with Crippen LogP contribution in [0.3, 0.4) is 0 Å². The van der Waals surface area contributed by atoms with Crippen molar-refractivity contribution in [2.24, 2.45) is 0 Å². The van der Waals surface area contributed by atoms with Crippen molar-refractivity contribution in [3.05, 3.63) is 34.0 Å².